The lowest BCUT2D eigenvalue weighted by atomic mass is 10.0. The minimum atomic E-state index is 0.296. The third-order valence-corrected chi connectivity index (χ3v) is 2.15. The van der Waals surface area contributed by atoms with Crippen LogP contribution in [0.5, 0.6) is 0 Å². The molecule has 0 heterocycles. The van der Waals surface area contributed by atoms with Crippen molar-refractivity contribution >= 4 is 5.78 Å². The monoisotopic (exact) mass is 152 g/mol. The molecule has 0 saturated heterocycles. The second kappa shape index (κ2) is 2.80. The zero-order chi connectivity index (χ0) is 8.48. The van der Waals surface area contributed by atoms with Crippen molar-refractivity contribution in [1.29, 1.82) is 0 Å². The number of carbonyl (C=O) groups excluding carboxylic acids is 1. The maximum atomic E-state index is 11.2. The normalized spacial score (nSPS) is 19.2. The van der Waals surface area contributed by atoms with Gasteiger partial charge in [-0.2, -0.15) is 0 Å². The minimum Gasteiger partial charge on any atom is -0.295 e. The van der Waals surface area contributed by atoms with Gasteiger partial charge in [-0.05, 0) is 38.2 Å². The van der Waals surface area contributed by atoms with Crippen LogP contribution in [0.25, 0.3) is 0 Å². The van der Waals surface area contributed by atoms with Crippen LogP contribution in [-0.2, 0) is 4.79 Å². The molecule has 1 saturated carbocycles. The molecule has 62 valence electrons. The molecular formula is C10H16O. The Balaban J connectivity index is 2.38. The van der Waals surface area contributed by atoms with Crippen molar-refractivity contribution in [2.75, 3.05) is 0 Å². The summed E-state index contributed by atoms with van der Waals surface area (Å²) < 4.78 is 0. The summed E-state index contributed by atoms with van der Waals surface area (Å²) in [5, 5.41) is 0. The average molecular weight is 152 g/mol. The molecule has 0 aliphatic heterocycles. The lowest BCUT2D eigenvalue weighted by molar-refractivity contribution is -0.115. The Morgan fingerprint density at radius 3 is 2.36 bits per heavy atom. The highest BCUT2D eigenvalue weighted by molar-refractivity contribution is 5.90. The van der Waals surface area contributed by atoms with Gasteiger partial charge in [0.15, 0.2) is 5.78 Å². The Labute approximate surface area is 68.5 Å². The molecule has 0 atom stereocenters. The molecule has 0 N–H and O–H groups in total. The van der Waals surface area contributed by atoms with E-state index in [9.17, 15) is 4.79 Å². The first kappa shape index (κ1) is 8.51. The molecule has 11 heavy (non-hydrogen) atoms. The summed E-state index contributed by atoms with van der Waals surface area (Å²) in [6.45, 7) is 6.12. The highest BCUT2D eigenvalue weighted by Crippen LogP contribution is 2.48. The van der Waals surface area contributed by atoms with Crippen LogP contribution in [0.1, 0.15) is 40.0 Å². The predicted molar refractivity (Wildman–Crippen MR) is 46.4 cm³/mol. The molecule has 1 nitrogen and oxygen atoms in total. The lowest BCUT2D eigenvalue weighted by Gasteiger charge is -2.02. The van der Waals surface area contributed by atoms with Crippen molar-refractivity contribution in [3.05, 3.63) is 11.6 Å². The van der Waals surface area contributed by atoms with Crippen molar-refractivity contribution < 1.29 is 4.79 Å². The fraction of sp³-hybridized carbons (Fsp3) is 0.700. The number of hydrogen-bond acceptors (Lipinski definition) is 1. The second-order valence-corrected chi connectivity index (χ2v) is 4.18. The summed E-state index contributed by atoms with van der Waals surface area (Å²) in [5.74, 6) is 0.296. The van der Waals surface area contributed by atoms with Crippen molar-refractivity contribution in [3.8, 4) is 0 Å². The highest BCUT2D eigenvalue weighted by Gasteiger charge is 2.38. The first-order chi connectivity index (χ1) is 5.02. The number of hydrogen-bond donors (Lipinski definition) is 0. The quantitative estimate of drug-likeness (QED) is 0.568. The van der Waals surface area contributed by atoms with Gasteiger partial charge in [0.1, 0.15) is 0 Å². The van der Waals surface area contributed by atoms with Gasteiger partial charge < -0.3 is 0 Å². The Hall–Kier alpha value is -0.590. The smallest absolute Gasteiger partial charge is 0.156 e. The number of ketones is 1. The Kier molecular flexibility index (Phi) is 2.17. The van der Waals surface area contributed by atoms with Gasteiger partial charge in [-0.1, -0.05) is 12.5 Å². The topological polar surface area (TPSA) is 17.1 Å². The fourth-order valence-electron chi connectivity index (χ4n) is 1.18. The SMILES string of the molecule is CC(C)=CC(=O)CC1(C)CC1. The maximum absolute atomic E-state index is 11.2. The zero-order valence-corrected chi connectivity index (χ0v) is 7.61. The van der Waals surface area contributed by atoms with Gasteiger partial charge in [-0.3, -0.25) is 4.79 Å². The molecule has 0 aromatic rings. The van der Waals surface area contributed by atoms with Crippen LogP contribution >= 0.6 is 0 Å². The van der Waals surface area contributed by atoms with Gasteiger partial charge in [-0.15, -0.1) is 0 Å². The third kappa shape index (κ3) is 2.87. The Morgan fingerprint density at radius 2 is 2.00 bits per heavy atom. The molecule has 0 spiro atoms. The lowest BCUT2D eigenvalue weighted by Crippen LogP contribution is -2.02. The van der Waals surface area contributed by atoms with E-state index in [-0.39, 0.29) is 0 Å². The molecular weight excluding hydrogens is 136 g/mol. The number of carbonyl (C=O) groups is 1. The van der Waals surface area contributed by atoms with Crippen LogP contribution in [0.3, 0.4) is 0 Å². The molecule has 0 amide bonds. The van der Waals surface area contributed by atoms with E-state index < -0.39 is 0 Å². The van der Waals surface area contributed by atoms with E-state index in [1.165, 1.54) is 12.8 Å². The molecule has 0 unspecified atom stereocenters. The highest BCUT2D eigenvalue weighted by atomic mass is 16.1. The van der Waals surface area contributed by atoms with Crippen molar-refractivity contribution in [2.45, 2.75) is 40.0 Å². The van der Waals surface area contributed by atoms with Crippen LogP contribution in [0.4, 0.5) is 0 Å². The molecule has 1 fully saturated rings. The van der Waals surface area contributed by atoms with Gasteiger partial charge in [0.25, 0.3) is 0 Å². The summed E-state index contributed by atoms with van der Waals surface area (Å²) >= 11 is 0. The Bertz CT molecular complexity index is 193. The molecule has 1 rings (SSSR count). The molecule has 0 aromatic heterocycles. The van der Waals surface area contributed by atoms with E-state index in [0.29, 0.717) is 11.2 Å². The zero-order valence-electron chi connectivity index (χ0n) is 7.61. The number of allylic oxidation sites excluding steroid dienone is 2. The largest absolute Gasteiger partial charge is 0.295 e. The van der Waals surface area contributed by atoms with Crippen molar-refractivity contribution in [3.63, 3.8) is 0 Å². The summed E-state index contributed by atoms with van der Waals surface area (Å²) in [7, 11) is 0. The summed E-state index contributed by atoms with van der Waals surface area (Å²) in [6.07, 6.45) is 4.96. The van der Waals surface area contributed by atoms with E-state index in [4.69, 9.17) is 0 Å². The van der Waals surface area contributed by atoms with E-state index in [2.05, 4.69) is 6.92 Å². The van der Waals surface area contributed by atoms with Crippen LogP contribution < -0.4 is 0 Å². The van der Waals surface area contributed by atoms with Crippen LogP contribution in [0.2, 0.25) is 0 Å². The number of rotatable bonds is 3. The van der Waals surface area contributed by atoms with E-state index in [0.717, 1.165) is 12.0 Å². The van der Waals surface area contributed by atoms with Crippen molar-refractivity contribution in [2.24, 2.45) is 5.41 Å². The van der Waals surface area contributed by atoms with E-state index in [1.54, 1.807) is 6.08 Å². The first-order valence-corrected chi connectivity index (χ1v) is 4.20. The van der Waals surface area contributed by atoms with Gasteiger partial charge >= 0.3 is 0 Å². The molecule has 1 heteroatoms. The molecule has 1 aliphatic carbocycles. The maximum Gasteiger partial charge on any atom is 0.156 e. The van der Waals surface area contributed by atoms with Crippen LogP contribution in [0, 0.1) is 5.41 Å². The summed E-state index contributed by atoms with van der Waals surface area (Å²) in [4.78, 5) is 11.2. The Morgan fingerprint density at radius 1 is 1.45 bits per heavy atom. The van der Waals surface area contributed by atoms with E-state index >= 15 is 0 Å². The van der Waals surface area contributed by atoms with Gasteiger partial charge in [-0.25, -0.2) is 0 Å². The first-order valence-electron chi connectivity index (χ1n) is 4.20. The van der Waals surface area contributed by atoms with Gasteiger partial charge in [0.05, 0.1) is 0 Å². The van der Waals surface area contributed by atoms with Crippen LogP contribution in [0.15, 0.2) is 11.6 Å². The predicted octanol–water partition coefficient (Wildman–Crippen LogP) is 2.71. The van der Waals surface area contributed by atoms with Gasteiger partial charge in [0.2, 0.25) is 0 Å². The average Bonchev–Trinajstić information content (AvgIpc) is 2.44. The molecule has 0 radical (unpaired) electrons. The van der Waals surface area contributed by atoms with Crippen molar-refractivity contribution in [1.82, 2.24) is 0 Å². The third-order valence-electron chi connectivity index (χ3n) is 2.15. The summed E-state index contributed by atoms with van der Waals surface area (Å²) in [6, 6.07) is 0. The van der Waals surface area contributed by atoms with E-state index in [1.807, 2.05) is 13.8 Å². The fourth-order valence-corrected chi connectivity index (χ4v) is 1.18. The standard InChI is InChI=1S/C10H16O/c1-8(2)6-9(11)7-10(3)4-5-10/h6H,4-5,7H2,1-3H3. The minimum absolute atomic E-state index is 0.296. The second-order valence-electron chi connectivity index (χ2n) is 4.18. The molecule has 1 aliphatic rings. The molecule has 0 bridgehead atoms. The summed E-state index contributed by atoms with van der Waals surface area (Å²) in [5.41, 5.74) is 1.47. The molecule has 0 aromatic carbocycles. The van der Waals surface area contributed by atoms with Crippen LogP contribution in [-0.4, -0.2) is 5.78 Å². The van der Waals surface area contributed by atoms with Gasteiger partial charge in [0, 0.05) is 6.42 Å².